The van der Waals surface area contributed by atoms with Crippen LogP contribution in [0.5, 0.6) is 5.75 Å². The molecule has 2 heterocycles. The molecular formula is C23H21NO3. The molecule has 2 aromatic rings. The molecule has 0 saturated heterocycles. The SMILES string of the molecule is CC(=CC(=O)O)/C=C/C=C(/C)C1=Cc2cc(-c3ccccn3)ccc2OC1. The Labute approximate surface area is 158 Å². The van der Waals surface area contributed by atoms with E-state index in [9.17, 15) is 4.79 Å². The van der Waals surface area contributed by atoms with E-state index in [1.807, 2.05) is 49.4 Å². The molecule has 0 atom stereocenters. The Kier molecular flexibility index (Phi) is 5.67. The van der Waals surface area contributed by atoms with E-state index in [1.165, 1.54) is 6.08 Å². The quantitative estimate of drug-likeness (QED) is 0.599. The Bertz CT molecular complexity index is 966. The molecule has 0 amide bonds. The van der Waals surface area contributed by atoms with Gasteiger partial charge in [0.1, 0.15) is 12.4 Å². The fraction of sp³-hybridized carbons (Fsp3) is 0.130. The highest BCUT2D eigenvalue weighted by atomic mass is 16.5. The lowest BCUT2D eigenvalue weighted by Gasteiger charge is -2.19. The molecule has 1 aliphatic heterocycles. The van der Waals surface area contributed by atoms with E-state index >= 15 is 0 Å². The van der Waals surface area contributed by atoms with Crippen LogP contribution in [-0.4, -0.2) is 22.7 Å². The Balaban J connectivity index is 1.83. The molecule has 136 valence electrons. The summed E-state index contributed by atoms with van der Waals surface area (Å²) in [5.41, 5.74) is 5.85. The fourth-order valence-corrected chi connectivity index (χ4v) is 2.79. The van der Waals surface area contributed by atoms with Crippen molar-refractivity contribution in [1.29, 1.82) is 0 Å². The summed E-state index contributed by atoms with van der Waals surface area (Å²) < 4.78 is 5.89. The molecule has 4 nitrogen and oxygen atoms in total. The molecule has 0 unspecified atom stereocenters. The maximum absolute atomic E-state index is 10.6. The summed E-state index contributed by atoms with van der Waals surface area (Å²) in [6.07, 6.45) is 10.7. The first-order valence-corrected chi connectivity index (χ1v) is 8.68. The number of hydrogen-bond donors (Lipinski definition) is 1. The van der Waals surface area contributed by atoms with Crippen LogP contribution in [0.25, 0.3) is 17.3 Å². The number of carboxylic acid groups (broad SMARTS) is 1. The number of aliphatic carboxylic acids is 1. The zero-order chi connectivity index (χ0) is 19.2. The van der Waals surface area contributed by atoms with E-state index in [2.05, 4.69) is 17.1 Å². The summed E-state index contributed by atoms with van der Waals surface area (Å²) >= 11 is 0. The third-order valence-electron chi connectivity index (χ3n) is 4.25. The van der Waals surface area contributed by atoms with Crippen LogP contribution in [-0.2, 0) is 4.79 Å². The van der Waals surface area contributed by atoms with Crippen molar-refractivity contribution in [2.45, 2.75) is 13.8 Å². The fourth-order valence-electron chi connectivity index (χ4n) is 2.79. The van der Waals surface area contributed by atoms with Gasteiger partial charge in [0.15, 0.2) is 0 Å². The number of pyridine rings is 1. The molecule has 27 heavy (non-hydrogen) atoms. The predicted molar refractivity (Wildman–Crippen MR) is 107 cm³/mol. The Morgan fingerprint density at radius 3 is 2.81 bits per heavy atom. The van der Waals surface area contributed by atoms with Gasteiger partial charge in [0.2, 0.25) is 0 Å². The molecule has 0 bridgehead atoms. The maximum Gasteiger partial charge on any atom is 0.328 e. The molecule has 1 aromatic heterocycles. The minimum atomic E-state index is -0.943. The van der Waals surface area contributed by atoms with Gasteiger partial charge in [-0.15, -0.1) is 0 Å². The highest BCUT2D eigenvalue weighted by molar-refractivity contribution is 5.81. The molecule has 0 saturated carbocycles. The van der Waals surface area contributed by atoms with E-state index in [4.69, 9.17) is 9.84 Å². The van der Waals surface area contributed by atoms with Gasteiger partial charge in [0.05, 0.1) is 5.69 Å². The highest BCUT2D eigenvalue weighted by Crippen LogP contribution is 2.32. The number of carbonyl (C=O) groups is 1. The molecule has 3 rings (SSSR count). The van der Waals surface area contributed by atoms with Gasteiger partial charge in [-0.2, -0.15) is 0 Å². The number of fused-ring (bicyclic) bond motifs is 1. The van der Waals surface area contributed by atoms with E-state index in [-0.39, 0.29) is 0 Å². The van der Waals surface area contributed by atoms with Crippen LogP contribution in [0.1, 0.15) is 19.4 Å². The van der Waals surface area contributed by atoms with Crippen molar-refractivity contribution in [1.82, 2.24) is 4.98 Å². The number of allylic oxidation sites excluding steroid dienone is 4. The Morgan fingerprint density at radius 2 is 2.07 bits per heavy atom. The minimum absolute atomic E-state index is 0.510. The lowest BCUT2D eigenvalue weighted by atomic mass is 9.99. The lowest BCUT2D eigenvalue weighted by molar-refractivity contribution is -0.131. The van der Waals surface area contributed by atoms with Crippen LogP contribution in [0.4, 0.5) is 0 Å². The van der Waals surface area contributed by atoms with Gasteiger partial charge in [-0.3, -0.25) is 4.98 Å². The third kappa shape index (κ3) is 4.82. The van der Waals surface area contributed by atoms with Gasteiger partial charge < -0.3 is 9.84 Å². The van der Waals surface area contributed by atoms with Crippen molar-refractivity contribution in [3.05, 3.63) is 89.2 Å². The normalized spacial score (nSPS) is 14.5. The molecule has 0 spiro atoms. The van der Waals surface area contributed by atoms with Crippen molar-refractivity contribution in [2.24, 2.45) is 0 Å². The van der Waals surface area contributed by atoms with Crippen LogP contribution in [0.2, 0.25) is 0 Å². The van der Waals surface area contributed by atoms with Gasteiger partial charge in [-0.05, 0) is 67.0 Å². The number of rotatable bonds is 5. The van der Waals surface area contributed by atoms with Crippen molar-refractivity contribution in [2.75, 3.05) is 6.61 Å². The Morgan fingerprint density at radius 1 is 1.22 bits per heavy atom. The van der Waals surface area contributed by atoms with Crippen molar-refractivity contribution >= 4 is 12.0 Å². The monoisotopic (exact) mass is 359 g/mol. The number of hydrogen-bond acceptors (Lipinski definition) is 3. The molecule has 1 aliphatic rings. The summed E-state index contributed by atoms with van der Waals surface area (Å²) in [5, 5.41) is 8.74. The van der Waals surface area contributed by atoms with E-state index in [0.29, 0.717) is 12.2 Å². The average molecular weight is 359 g/mol. The second kappa shape index (κ2) is 8.32. The zero-order valence-electron chi connectivity index (χ0n) is 15.3. The summed E-state index contributed by atoms with van der Waals surface area (Å²) in [7, 11) is 0. The molecule has 1 aromatic carbocycles. The van der Waals surface area contributed by atoms with Crippen molar-refractivity contribution in [3.63, 3.8) is 0 Å². The van der Waals surface area contributed by atoms with E-state index < -0.39 is 5.97 Å². The molecule has 1 N–H and O–H groups in total. The van der Waals surface area contributed by atoms with Crippen LogP contribution in [0.15, 0.2) is 83.6 Å². The molecular weight excluding hydrogens is 338 g/mol. The first-order valence-electron chi connectivity index (χ1n) is 8.68. The summed E-state index contributed by atoms with van der Waals surface area (Å²) in [4.78, 5) is 15.0. The molecule has 0 radical (unpaired) electrons. The zero-order valence-corrected chi connectivity index (χ0v) is 15.3. The Hall–Kier alpha value is -3.40. The number of carboxylic acids is 1. The number of aromatic nitrogens is 1. The summed E-state index contributed by atoms with van der Waals surface area (Å²) in [6.45, 7) is 4.28. The first kappa shape index (κ1) is 18.4. The minimum Gasteiger partial charge on any atom is -0.488 e. The molecule has 0 fully saturated rings. The van der Waals surface area contributed by atoms with E-state index in [1.54, 1.807) is 19.2 Å². The van der Waals surface area contributed by atoms with Crippen LogP contribution < -0.4 is 4.74 Å². The number of nitrogens with zero attached hydrogens (tertiary/aromatic N) is 1. The topological polar surface area (TPSA) is 59.4 Å². The third-order valence-corrected chi connectivity index (χ3v) is 4.25. The molecule has 4 heteroatoms. The summed E-state index contributed by atoms with van der Waals surface area (Å²) in [6, 6.07) is 11.9. The average Bonchev–Trinajstić information content (AvgIpc) is 2.67. The second-order valence-corrected chi connectivity index (χ2v) is 6.36. The summed E-state index contributed by atoms with van der Waals surface area (Å²) in [5.74, 6) is -0.0800. The van der Waals surface area contributed by atoms with Crippen LogP contribution in [0, 0.1) is 0 Å². The van der Waals surface area contributed by atoms with E-state index in [0.717, 1.165) is 33.7 Å². The van der Waals surface area contributed by atoms with Gasteiger partial charge in [0.25, 0.3) is 0 Å². The van der Waals surface area contributed by atoms with Gasteiger partial charge >= 0.3 is 5.97 Å². The second-order valence-electron chi connectivity index (χ2n) is 6.36. The smallest absolute Gasteiger partial charge is 0.328 e. The highest BCUT2D eigenvalue weighted by Gasteiger charge is 2.13. The van der Waals surface area contributed by atoms with Crippen LogP contribution >= 0.6 is 0 Å². The standard InChI is InChI=1S/C23H21NO3/c1-16(12-23(25)26)6-5-7-17(2)20-14-19-13-18(9-10-22(19)27-15-20)21-8-3-4-11-24-21/h3-14H,15H2,1-2H3,(H,25,26)/b6-5+,16-12?,17-7-. The number of ether oxygens (including phenoxy) is 1. The lowest BCUT2D eigenvalue weighted by Crippen LogP contribution is -2.08. The predicted octanol–water partition coefficient (Wildman–Crippen LogP) is 5.06. The maximum atomic E-state index is 10.6. The van der Waals surface area contributed by atoms with Gasteiger partial charge in [0, 0.05) is 23.4 Å². The number of benzene rings is 1. The molecule has 0 aliphatic carbocycles. The first-order chi connectivity index (χ1) is 13.0. The van der Waals surface area contributed by atoms with Crippen molar-refractivity contribution < 1.29 is 14.6 Å². The van der Waals surface area contributed by atoms with Crippen molar-refractivity contribution in [3.8, 4) is 17.0 Å². The van der Waals surface area contributed by atoms with Gasteiger partial charge in [-0.1, -0.05) is 24.3 Å². The van der Waals surface area contributed by atoms with Crippen LogP contribution in [0.3, 0.4) is 0 Å². The van der Waals surface area contributed by atoms with Gasteiger partial charge in [-0.25, -0.2) is 4.79 Å². The largest absolute Gasteiger partial charge is 0.488 e.